The minimum absolute atomic E-state index is 0.289. The molecule has 1 aromatic carbocycles. The van der Waals surface area contributed by atoms with Crippen LogP contribution in [-0.2, 0) is 13.6 Å². The SMILES string of the molecule is CNc1nc2c(cc(-c3cc(F)cc(C#N)c3)n2CCNC(C)C)c2c1ncn2C. The molecule has 0 aliphatic carbocycles. The number of aryl methyl sites for hydroxylation is 1. The second-order valence-corrected chi connectivity index (χ2v) is 7.63. The van der Waals surface area contributed by atoms with Crippen LogP contribution in [0.5, 0.6) is 0 Å². The van der Waals surface area contributed by atoms with Gasteiger partial charge in [-0.2, -0.15) is 5.26 Å². The fourth-order valence-electron chi connectivity index (χ4n) is 3.82. The van der Waals surface area contributed by atoms with E-state index < -0.39 is 5.82 Å². The smallest absolute Gasteiger partial charge is 0.156 e. The molecule has 3 heterocycles. The third-order valence-corrected chi connectivity index (χ3v) is 5.15. The van der Waals surface area contributed by atoms with Crippen LogP contribution in [0.2, 0.25) is 0 Å². The number of pyridine rings is 1. The number of benzene rings is 1. The summed E-state index contributed by atoms with van der Waals surface area (Å²) in [5.41, 5.74) is 4.28. The van der Waals surface area contributed by atoms with Gasteiger partial charge in [-0.05, 0) is 24.3 Å². The van der Waals surface area contributed by atoms with Crippen molar-refractivity contribution in [3.63, 3.8) is 0 Å². The zero-order chi connectivity index (χ0) is 21.4. The Hall–Kier alpha value is -3.44. The van der Waals surface area contributed by atoms with E-state index in [2.05, 4.69) is 34.0 Å². The number of rotatable bonds is 6. The van der Waals surface area contributed by atoms with E-state index in [1.54, 1.807) is 12.4 Å². The Balaban J connectivity index is 2.01. The first kappa shape index (κ1) is 19.9. The van der Waals surface area contributed by atoms with Crippen molar-refractivity contribution in [2.45, 2.75) is 26.4 Å². The number of nitrogens with zero attached hydrogens (tertiary/aromatic N) is 5. The summed E-state index contributed by atoms with van der Waals surface area (Å²) in [4.78, 5) is 9.32. The molecule has 0 radical (unpaired) electrons. The standard InChI is InChI=1S/C22H24FN7/c1-13(2)26-5-6-30-18(15-7-14(11-24)8-16(23)9-15)10-17-20-19(27-12-29(20)4)21(25-3)28-22(17)30/h7-10,12-13,26H,5-6H2,1-4H3,(H,25,28). The molecule has 30 heavy (non-hydrogen) atoms. The Morgan fingerprint density at radius 1 is 1.23 bits per heavy atom. The topological polar surface area (TPSA) is 83.5 Å². The lowest BCUT2D eigenvalue weighted by atomic mass is 10.1. The Labute approximate surface area is 174 Å². The van der Waals surface area contributed by atoms with Gasteiger partial charge in [0.2, 0.25) is 0 Å². The van der Waals surface area contributed by atoms with Crippen molar-refractivity contribution in [2.24, 2.45) is 7.05 Å². The van der Waals surface area contributed by atoms with Crippen molar-refractivity contribution in [1.29, 1.82) is 5.26 Å². The van der Waals surface area contributed by atoms with Gasteiger partial charge in [0.1, 0.15) is 17.0 Å². The average molecular weight is 405 g/mol. The van der Waals surface area contributed by atoms with E-state index in [-0.39, 0.29) is 5.56 Å². The van der Waals surface area contributed by atoms with Crippen LogP contribution in [-0.4, -0.2) is 38.7 Å². The van der Waals surface area contributed by atoms with Gasteiger partial charge < -0.3 is 19.8 Å². The molecule has 3 aromatic heterocycles. The number of nitriles is 1. The van der Waals surface area contributed by atoms with E-state index in [9.17, 15) is 9.65 Å². The first-order valence-electron chi connectivity index (χ1n) is 9.89. The van der Waals surface area contributed by atoms with Crippen molar-refractivity contribution in [2.75, 3.05) is 18.9 Å². The summed E-state index contributed by atoms with van der Waals surface area (Å²) >= 11 is 0. The van der Waals surface area contributed by atoms with Gasteiger partial charge in [0.15, 0.2) is 5.82 Å². The van der Waals surface area contributed by atoms with Crippen LogP contribution in [0.4, 0.5) is 10.2 Å². The van der Waals surface area contributed by atoms with E-state index in [4.69, 9.17) is 4.98 Å². The van der Waals surface area contributed by atoms with Crippen LogP contribution < -0.4 is 10.6 Å². The zero-order valence-electron chi connectivity index (χ0n) is 17.5. The fraction of sp³-hybridized carbons (Fsp3) is 0.318. The minimum atomic E-state index is -0.435. The second kappa shape index (κ2) is 7.76. The van der Waals surface area contributed by atoms with Gasteiger partial charge in [-0.3, -0.25) is 0 Å². The van der Waals surface area contributed by atoms with E-state index in [1.807, 2.05) is 30.8 Å². The van der Waals surface area contributed by atoms with Gasteiger partial charge >= 0.3 is 0 Å². The molecule has 0 spiro atoms. The van der Waals surface area contributed by atoms with Crippen molar-refractivity contribution < 1.29 is 4.39 Å². The van der Waals surface area contributed by atoms with E-state index in [0.717, 1.165) is 34.3 Å². The van der Waals surface area contributed by atoms with Gasteiger partial charge in [-0.15, -0.1) is 0 Å². The number of nitrogens with one attached hydrogen (secondary N) is 2. The summed E-state index contributed by atoms with van der Waals surface area (Å²) in [6, 6.07) is 8.81. The molecule has 0 fully saturated rings. The van der Waals surface area contributed by atoms with Crippen LogP contribution in [0.25, 0.3) is 33.3 Å². The Morgan fingerprint density at radius 3 is 2.73 bits per heavy atom. The summed E-state index contributed by atoms with van der Waals surface area (Å²) in [7, 11) is 3.77. The highest BCUT2D eigenvalue weighted by molar-refractivity contribution is 6.07. The molecule has 0 bridgehead atoms. The summed E-state index contributed by atoms with van der Waals surface area (Å²) in [6.45, 7) is 5.57. The molecule has 0 unspecified atom stereocenters. The number of aromatic nitrogens is 4. The van der Waals surface area contributed by atoms with Crippen LogP contribution in [0.3, 0.4) is 0 Å². The van der Waals surface area contributed by atoms with Crippen LogP contribution >= 0.6 is 0 Å². The molecule has 4 aromatic rings. The molecule has 0 amide bonds. The Morgan fingerprint density at radius 2 is 2.03 bits per heavy atom. The van der Waals surface area contributed by atoms with E-state index >= 15 is 0 Å². The lowest BCUT2D eigenvalue weighted by Gasteiger charge is -2.14. The van der Waals surface area contributed by atoms with Crippen LogP contribution in [0, 0.1) is 17.1 Å². The van der Waals surface area contributed by atoms with Gasteiger partial charge in [0.25, 0.3) is 0 Å². The molecule has 0 saturated carbocycles. The maximum atomic E-state index is 14.2. The molecule has 7 nitrogen and oxygen atoms in total. The summed E-state index contributed by atoms with van der Waals surface area (Å²) < 4.78 is 18.3. The van der Waals surface area contributed by atoms with Crippen molar-refractivity contribution in [3.05, 3.63) is 42.0 Å². The van der Waals surface area contributed by atoms with E-state index in [1.165, 1.54) is 12.1 Å². The lowest BCUT2D eigenvalue weighted by Crippen LogP contribution is -2.27. The monoisotopic (exact) mass is 405 g/mol. The molecule has 8 heteroatoms. The first-order chi connectivity index (χ1) is 14.4. The Bertz CT molecular complexity index is 1280. The lowest BCUT2D eigenvalue weighted by molar-refractivity contribution is 0.548. The highest BCUT2D eigenvalue weighted by Crippen LogP contribution is 2.34. The van der Waals surface area contributed by atoms with Gasteiger partial charge in [-0.1, -0.05) is 13.8 Å². The molecular formula is C22H24FN7. The zero-order valence-corrected chi connectivity index (χ0v) is 17.5. The number of hydrogen-bond donors (Lipinski definition) is 2. The Kier molecular flexibility index (Phi) is 5.14. The van der Waals surface area contributed by atoms with E-state index in [0.29, 0.717) is 24.0 Å². The van der Waals surface area contributed by atoms with Gasteiger partial charge in [0.05, 0.1) is 29.2 Å². The minimum Gasteiger partial charge on any atom is -0.371 e. The highest BCUT2D eigenvalue weighted by Gasteiger charge is 2.19. The predicted molar refractivity (Wildman–Crippen MR) is 117 cm³/mol. The number of halogens is 1. The fourth-order valence-corrected chi connectivity index (χ4v) is 3.82. The first-order valence-corrected chi connectivity index (χ1v) is 9.89. The molecule has 0 aliphatic rings. The number of imidazole rings is 1. The maximum absolute atomic E-state index is 14.2. The summed E-state index contributed by atoms with van der Waals surface area (Å²) in [5.74, 6) is 0.258. The number of fused-ring (bicyclic) bond motifs is 3. The second-order valence-electron chi connectivity index (χ2n) is 7.63. The molecule has 154 valence electrons. The van der Waals surface area contributed by atoms with Crippen molar-refractivity contribution in [1.82, 2.24) is 24.4 Å². The molecular weight excluding hydrogens is 381 g/mol. The number of anilines is 1. The maximum Gasteiger partial charge on any atom is 0.156 e. The quantitative estimate of drug-likeness (QED) is 0.512. The molecule has 0 aliphatic heterocycles. The van der Waals surface area contributed by atoms with Crippen LogP contribution in [0.15, 0.2) is 30.6 Å². The molecule has 2 N–H and O–H groups in total. The largest absolute Gasteiger partial charge is 0.371 e. The predicted octanol–water partition coefficient (Wildman–Crippen LogP) is 3.64. The van der Waals surface area contributed by atoms with Crippen LogP contribution in [0.1, 0.15) is 19.4 Å². The number of hydrogen-bond acceptors (Lipinski definition) is 5. The third-order valence-electron chi connectivity index (χ3n) is 5.15. The van der Waals surface area contributed by atoms with Crippen molar-refractivity contribution >= 4 is 27.9 Å². The third kappa shape index (κ3) is 3.37. The molecule has 0 atom stereocenters. The van der Waals surface area contributed by atoms with Crippen molar-refractivity contribution in [3.8, 4) is 17.3 Å². The van der Waals surface area contributed by atoms with Gasteiger partial charge in [-0.25, -0.2) is 14.4 Å². The average Bonchev–Trinajstić information content (AvgIpc) is 3.27. The van der Waals surface area contributed by atoms with Gasteiger partial charge in [0, 0.05) is 44.2 Å². The highest BCUT2D eigenvalue weighted by atomic mass is 19.1. The molecule has 4 rings (SSSR count). The summed E-state index contributed by atoms with van der Waals surface area (Å²) in [5, 5.41) is 16.8. The molecule has 0 saturated heterocycles. The normalized spacial score (nSPS) is 11.5. The summed E-state index contributed by atoms with van der Waals surface area (Å²) in [6.07, 6.45) is 1.76.